The minimum absolute atomic E-state index is 0.132. The molecule has 4 nitrogen and oxygen atoms in total. The van der Waals surface area contributed by atoms with Gasteiger partial charge in [-0.2, -0.15) is 0 Å². The van der Waals surface area contributed by atoms with Crippen LogP contribution in [0.1, 0.15) is 27.2 Å². The Morgan fingerprint density at radius 1 is 1.64 bits per heavy atom. The highest BCUT2D eigenvalue weighted by atomic mass is 16.4. The van der Waals surface area contributed by atoms with Crippen LogP contribution in [0.25, 0.3) is 0 Å². The van der Waals surface area contributed by atoms with E-state index in [-0.39, 0.29) is 12.5 Å². The first-order valence-electron chi connectivity index (χ1n) is 5.21. The molecule has 0 aromatic rings. The fourth-order valence-electron chi connectivity index (χ4n) is 2.03. The van der Waals surface area contributed by atoms with Crippen molar-refractivity contribution in [3.8, 4) is 0 Å². The molecule has 0 amide bonds. The molecule has 4 heteroatoms. The minimum Gasteiger partial charge on any atom is -0.481 e. The molecule has 0 saturated carbocycles. The van der Waals surface area contributed by atoms with E-state index >= 15 is 0 Å². The first-order chi connectivity index (χ1) is 6.50. The Bertz CT molecular complexity index is 208. The summed E-state index contributed by atoms with van der Waals surface area (Å²) in [6, 6.07) is 1.02. The molecule has 0 aromatic heterocycles. The number of hydrogen-bond acceptors (Lipinski definition) is 3. The van der Waals surface area contributed by atoms with Gasteiger partial charge in [0.15, 0.2) is 0 Å². The summed E-state index contributed by atoms with van der Waals surface area (Å²) in [5, 5.41) is 12.1. The van der Waals surface area contributed by atoms with Crippen LogP contribution in [0.5, 0.6) is 0 Å². The highest BCUT2D eigenvalue weighted by Gasteiger charge is 2.27. The fourth-order valence-corrected chi connectivity index (χ4v) is 2.03. The van der Waals surface area contributed by atoms with Crippen molar-refractivity contribution < 1.29 is 9.90 Å². The van der Waals surface area contributed by atoms with E-state index in [0.717, 1.165) is 13.1 Å². The predicted octanol–water partition coefficient (Wildman–Crippen LogP) is 0.532. The molecule has 1 aliphatic rings. The quantitative estimate of drug-likeness (QED) is 0.698. The Balaban J connectivity index is 2.51. The van der Waals surface area contributed by atoms with Crippen molar-refractivity contribution >= 4 is 5.97 Å². The Kier molecular flexibility index (Phi) is 3.89. The molecule has 0 bridgehead atoms. The zero-order valence-electron chi connectivity index (χ0n) is 9.16. The van der Waals surface area contributed by atoms with E-state index in [1.807, 2.05) is 6.92 Å². The second-order valence-electron chi connectivity index (χ2n) is 4.30. The average molecular weight is 200 g/mol. The first-order valence-corrected chi connectivity index (χ1v) is 5.21. The van der Waals surface area contributed by atoms with Crippen LogP contribution in [0.3, 0.4) is 0 Å². The Labute approximate surface area is 85.3 Å². The third-order valence-corrected chi connectivity index (χ3v) is 2.85. The molecule has 0 radical (unpaired) electrons. The lowest BCUT2D eigenvalue weighted by atomic mass is 10.1. The largest absolute Gasteiger partial charge is 0.481 e. The summed E-state index contributed by atoms with van der Waals surface area (Å²) >= 11 is 0. The van der Waals surface area contributed by atoms with Gasteiger partial charge in [0.05, 0.1) is 6.42 Å². The Hall–Kier alpha value is -0.610. The van der Waals surface area contributed by atoms with Gasteiger partial charge in [0.1, 0.15) is 0 Å². The number of carboxylic acids is 1. The highest BCUT2D eigenvalue weighted by Crippen LogP contribution is 2.13. The first kappa shape index (κ1) is 11.5. The van der Waals surface area contributed by atoms with E-state index in [4.69, 9.17) is 5.11 Å². The van der Waals surface area contributed by atoms with Gasteiger partial charge in [0.2, 0.25) is 0 Å². The zero-order chi connectivity index (χ0) is 10.7. The van der Waals surface area contributed by atoms with Gasteiger partial charge in [-0.25, -0.2) is 0 Å². The topological polar surface area (TPSA) is 52.6 Å². The molecule has 1 saturated heterocycles. The van der Waals surface area contributed by atoms with Crippen LogP contribution < -0.4 is 5.32 Å². The monoisotopic (exact) mass is 200 g/mol. The molecule has 1 aliphatic heterocycles. The van der Waals surface area contributed by atoms with E-state index < -0.39 is 5.97 Å². The Morgan fingerprint density at radius 3 is 2.86 bits per heavy atom. The van der Waals surface area contributed by atoms with Crippen LogP contribution in [0.2, 0.25) is 0 Å². The molecule has 82 valence electrons. The third kappa shape index (κ3) is 2.96. The van der Waals surface area contributed by atoms with Crippen molar-refractivity contribution in [2.75, 3.05) is 13.1 Å². The highest BCUT2D eigenvalue weighted by molar-refractivity contribution is 5.67. The lowest BCUT2D eigenvalue weighted by molar-refractivity contribution is -0.138. The van der Waals surface area contributed by atoms with Crippen LogP contribution in [0.4, 0.5) is 0 Å². The molecule has 0 aliphatic carbocycles. The summed E-state index contributed by atoms with van der Waals surface area (Å²) in [4.78, 5) is 12.9. The summed E-state index contributed by atoms with van der Waals surface area (Å²) in [6.45, 7) is 8.15. The third-order valence-electron chi connectivity index (χ3n) is 2.85. The number of rotatable bonds is 3. The molecule has 0 spiro atoms. The van der Waals surface area contributed by atoms with Crippen LogP contribution in [-0.2, 0) is 4.79 Å². The van der Waals surface area contributed by atoms with Crippen molar-refractivity contribution in [1.29, 1.82) is 0 Å². The maximum absolute atomic E-state index is 10.6. The number of aliphatic carboxylic acids is 1. The molecule has 1 rings (SSSR count). The van der Waals surface area contributed by atoms with Crippen molar-refractivity contribution in [3.63, 3.8) is 0 Å². The number of carbonyl (C=O) groups is 1. The molecule has 1 heterocycles. The van der Waals surface area contributed by atoms with Crippen molar-refractivity contribution in [2.45, 2.75) is 45.3 Å². The van der Waals surface area contributed by atoms with Crippen molar-refractivity contribution in [2.24, 2.45) is 0 Å². The maximum Gasteiger partial charge on any atom is 0.304 e. The van der Waals surface area contributed by atoms with Crippen molar-refractivity contribution in [1.82, 2.24) is 10.2 Å². The van der Waals surface area contributed by atoms with E-state index in [1.165, 1.54) is 0 Å². The van der Waals surface area contributed by atoms with Crippen LogP contribution in [0, 0.1) is 0 Å². The number of nitrogens with zero attached hydrogens (tertiary/aromatic N) is 1. The standard InChI is InChI=1S/C10H20N2O2/c1-7-6-12(9(3)5-11-7)8(2)4-10(13)14/h7-9,11H,4-6H2,1-3H3,(H,13,14). The number of hydrogen-bond donors (Lipinski definition) is 2. The van der Waals surface area contributed by atoms with E-state index in [1.54, 1.807) is 0 Å². The maximum atomic E-state index is 10.6. The predicted molar refractivity (Wildman–Crippen MR) is 55.3 cm³/mol. The van der Waals surface area contributed by atoms with Crippen molar-refractivity contribution in [3.05, 3.63) is 0 Å². The van der Waals surface area contributed by atoms with Gasteiger partial charge in [0, 0.05) is 31.2 Å². The van der Waals surface area contributed by atoms with Gasteiger partial charge >= 0.3 is 5.97 Å². The summed E-state index contributed by atoms with van der Waals surface area (Å²) in [5.74, 6) is -0.712. The SMILES string of the molecule is CC1CN(C(C)CC(=O)O)C(C)CN1. The zero-order valence-corrected chi connectivity index (χ0v) is 9.16. The van der Waals surface area contributed by atoms with Crippen LogP contribution >= 0.6 is 0 Å². The Morgan fingerprint density at radius 2 is 2.29 bits per heavy atom. The minimum atomic E-state index is -0.712. The molecule has 1 fully saturated rings. The molecule has 2 N–H and O–H groups in total. The number of carboxylic acid groups (broad SMARTS) is 1. The molecule has 3 atom stereocenters. The summed E-state index contributed by atoms with van der Waals surface area (Å²) < 4.78 is 0. The van der Waals surface area contributed by atoms with Gasteiger partial charge in [0.25, 0.3) is 0 Å². The van der Waals surface area contributed by atoms with Gasteiger partial charge in [-0.15, -0.1) is 0 Å². The second kappa shape index (κ2) is 4.75. The summed E-state index contributed by atoms with van der Waals surface area (Å²) in [7, 11) is 0. The normalized spacial score (nSPS) is 31.4. The summed E-state index contributed by atoms with van der Waals surface area (Å²) in [6.07, 6.45) is 0.233. The van der Waals surface area contributed by atoms with Crippen LogP contribution in [-0.4, -0.2) is 47.2 Å². The van der Waals surface area contributed by atoms with Crippen LogP contribution in [0.15, 0.2) is 0 Å². The number of piperazine rings is 1. The molecule has 14 heavy (non-hydrogen) atoms. The molecular formula is C10H20N2O2. The molecule has 3 unspecified atom stereocenters. The van der Waals surface area contributed by atoms with E-state index in [2.05, 4.69) is 24.1 Å². The second-order valence-corrected chi connectivity index (χ2v) is 4.30. The lowest BCUT2D eigenvalue weighted by Crippen LogP contribution is -2.57. The van der Waals surface area contributed by atoms with E-state index in [9.17, 15) is 4.79 Å². The van der Waals surface area contributed by atoms with Gasteiger partial charge in [-0.1, -0.05) is 0 Å². The lowest BCUT2D eigenvalue weighted by Gasteiger charge is -2.40. The average Bonchev–Trinajstić information content (AvgIpc) is 2.08. The summed E-state index contributed by atoms with van der Waals surface area (Å²) in [5.41, 5.74) is 0. The number of nitrogens with one attached hydrogen (secondary N) is 1. The van der Waals surface area contributed by atoms with Gasteiger partial charge in [-0.3, -0.25) is 9.69 Å². The molecule has 0 aromatic carbocycles. The molecular weight excluding hydrogens is 180 g/mol. The van der Waals surface area contributed by atoms with Gasteiger partial charge < -0.3 is 10.4 Å². The fraction of sp³-hybridized carbons (Fsp3) is 0.900. The smallest absolute Gasteiger partial charge is 0.304 e. The van der Waals surface area contributed by atoms with Gasteiger partial charge in [-0.05, 0) is 20.8 Å². The van der Waals surface area contributed by atoms with E-state index in [0.29, 0.717) is 12.1 Å².